The molecule has 0 saturated carbocycles. The summed E-state index contributed by atoms with van der Waals surface area (Å²) < 4.78 is 18.4. The van der Waals surface area contributed by atoms with Gasteiger partial charge in [0.1, 0.15) is 42.3 Å². The molecule has 1 aliphatic heterocycles. The lowest BCUT2D eigenvalue weighted by molar-refractivity contribution is -0.132. The van der Waals surface area contributed by atoms with Crippen LogP contribution in [0.25, 0.3) is 0 Å². The molecule has 252 valence electrons. The van der Waals surface area contributed by atoms with Gasteiger partial charge in [-0.05, 0) is 86.1 Å². The van der Waals surface area contributed by atoms with Gasteiger partial charge in [-0.25, -0.2) is 0 Å². The zero-order valence-electron chi connectivity index (χ0n) is 29.7. The summed E-state index contributed by atoms with van der Waals surface area (Å²) in [5.74, 6) is 1.33. The highest BCUT2D eigenvalue weighted by molar-refractivity contribution is 6.07. The smallest absolute Gasteiger partial charge is 0.308 e. The van der Waals surface area contributed by atoms with Crippen LogP contribution in [0, 0.1) is 20.8 Å². The monoisotopic (exact) mass is 644 g/mol. The molecule has 0 saturated heterocycles. The maximum absolute atomic E-state index is 13.4. The third kappa shape index (κ3) is 7.56. The van der Waals surface area contributed by atoms with Gasteiger partial charge in [0.2, 0.25) is 0 Å². The van der Waals surface area contributed by atoms with Crippen molar-refractivity contribution in [2.75, 3.05) is 19.0 Å². The van der Waals surface area contributed by atoms with Gasteiger partial charge in [-0.15, -0.1) is 0 Å². The normalized spacial score (nSPS) is 17.1. The van der Waals surface area contributed by atoms with Gasteiger partial charge in [-0.2, -0.15) is 0 Å². The molecular weight excluding hydrogens is 596 g/mol. The van der Waals surface area contributed by atoms with Gasteiger partial charge in [-0.3, -0.25) is 9.59 Å². The lowest BCUT2D eigenvalue weighted by Gasteiger charge is -2.38. The van der Waals surface area contributed by atoms with Crippen LogP contribution < -0.4 is 19.5 Å². The largest absolute Gasteiger partial charge is 0.507 e. The molecule has 0 aromatic heterocycles. The predicted molar refractivity (Wildman–Crippen MR) is 185 cm³/mol. The molecule has 9 nitrogen and oxygen atoms in total. The number of hydrogen-bond donors (Lipinski definition) is 2. The number of carbonyl (C=O) groups excluding carboxylic acids is 2. The maximum atomic E-state index is 13.4. The van der Waals surface area contributed by atoms with Crippen molar-refractivity contribution >= 4 is 23.3 Å². The number of carbonyl (C=O) groups is 2. The van der Waals surface area contributed by atoms with E-state index in [9.17, 15) is 14.7 Å². The van der Waals surface area contributed by atoms with Crippen LogP contribution in [0.4, 0.5) is 5.69 Å². The number of phenolic OH excluding ortho intramolecular Hbond substituents is 1. The van der Waals surface area contributed by atoms with E-state index in [4.69, 9.17) is 19.0 Å². The van der Waals surface area contributed by atoms with E-state index in [-0.39, 0.29) is 29.1 Å². The number of anilines is 1. The second-order valence-corrected chi connectivity index (χ2v) is 14.6. The fourth-order valence-electron chi connectivity index (χ4n) is 5.84. The number of oxime groups is 1. The van der Waals surface area contributed by atoms with Gasteiger partial charge in [-0.1, -0.05) is 46.7 Å². The molecule has 3 aromatic rings. The minimum absolute atomic E-state index is 0.211. The second-order valence-electron chi connectivity index (χ2n) is 14.6. The van der Waals surface area contributed by atoms with Crippen LogP contribution in [0.2, 0.25) is 0 Å². The summed E-state index contributed by atoms with van der Waals surface area (Å²) >= 11 is 0. The van der Waals surface area contributed by atoms with Gasteiger partial charge >= 0.3 is 5.97 Å². The van der Waals surface area contributed by atoms with E-state index in [0.717, 1.165) is 33.4 Å². The summed E-state index contributed by atoms with van der Waals surface area (Å²) in [6, 6.07) is 10.7. The number of aromatic hydroxyl groups is 1. The van der Waals surface area contributed by atoms with Crippen molar-refractivity contribution < 1.29 is 33.7 Å². The van der Waals surface area contributed by atoms with Crippen LogP contribution in [0.1, 0.15) is 106 Å². The average molecular weight is 645 g/mol. The van der Waals surface area contributed by atoms with Crippen LogP contribution in [0.5, 0.6) is 23.0 Å². The minimum atomic E-state index is -0.780. The molecule has 1 aliphatic rings. The number of esters is 1. The van der Waals surface area contributed by atoms with E-state index in [1.165, 1.54) is 14.0 Å². The highest BCUT2D eigenvalue weighted by atomic mass is 16.6. The van der Waals surface area contributed by atoms with Crippen LogP contribution >= 0.6 is 0 Å². The molecule has 9 heteroatoms. The van der Waals surface area contributed by atoms with Crippen molar-refractivity contribution in [3.8, 4) is 23.0 Å². The van der Waals surface area contributed by atoms with Gasteiger partial charge in [0, 0.05) is 46.8 Å². The molecule has 0 fully saturated rings. The number of ether oxygens (including phenoxy) is 3. The second kappa shape index (κ2) is 12.9. The number of rotatable bonds is 7. The number of benzene rings is 3. The van der Waals surface area contributed by atoms with Crippen molar-refractivity contribution in [2.24, 2.45) is 5.16 Å². The fraction of sp³-hybridized carbons (Fsp3) is 0.447. The molecule has 4 rings (SSSR count). The Morgan fingerprint density at radius 3 is 2.04 bits per heavy atom. The number of hydrogen-bond acceptors (Lipinski definition) is 8. The Bertz CT molecular complexity index is 1690. The van der Waals surface area contributed by atoms with Crippen LogP contribution in [-0.4, -0.2) is 42.0 Å². The van der Waals surface area contributed by atoms with E-state index in [1.807, 2.05) is 69.2 Å². The number of amides is 1. The van der Waals surface area contributed by atoms with Gasteiger partial charge in [0.25, 0.3) is 5.91 Å². The summed E-state index contributed by atoms with van der Waals surface area (Å²) in [7, 11) is 1.49. The van der Waals surface area contributed by atoms with E-state index in [0.29, 0.717) is 40.6 Å². The summed E-state index contributed by atoms with van der Waals surface area (Å²) in [4.78, 5) is 30.4. The Balaban J connectivity index is 1.53. The first-order valence-electron chi connectivity index (χ1n) is 15.8. The van der Waals surface area contributed by atoms with Gasteiger partial charge < -0.3 is 29.5 Å². The molecule has 2 N–H and O–H groups in total. The van der Waals surface area contributed by atoms with Crippen LogP contribution in [-0.2, 0) is 20.5 Å². The highest BCUT2D eigenvalue weighted by Gasteiger charge is 2.40. The molecule has 0 spiro atoms. The molecule has 1 amide bonds. The minimum Gasteiger partial charge on any atom is -0.507 e. The third-order valence-electron chi connectivity index (χ3n) is 8.46. The Kier molecular flexibility index (Phi) is 9.72. The third-order valence-corrected chi connectivity index (χ3v) is 8.46. The molecule has 0 radical (unpaired) electrons. The molecule has 3 aromatic carbocycles. The van der Waals surface area contributed by atoms with Gasteiger partial charge in [0.05, 0.1) is 5.71 Å². The Morgan fingerprint density at radius 2 is 1.53 bits per heavy atom. The molecule has 1 unspecified atom stereocenters. The van der Waals surface area contributed by atoms with Crippen LogP contribution in [0.15, 0.2) is 41.6 Å². The number of nitrogens with one attached hydrogen (secondary N) is 1. The van der Waals surface area contributed by atoms with Crippen molar-refractivity contribution in [3.63, 3.8) is 0 Å². The zero-order chi connectivity index (χ0) is 35.1. The van der Waals surface area contributed by atoms with E-state index in [2.05, 4.69) is 10.5 Å². The van der Waals surface area contributed by atoms with Crippen LogP contribution in [0.3, 0.4) is 0 Å². The van der Waals surface area contributed by atoms with E-state index >= 15 is 0 Å². The summed E-state index contributed by atoms with van der Waals surface area (Å²) in [5, 5.41) is 18.3. The average Bonchev–Trinajstić information content (AvgIpc) is 2.96. The van der Waals surface area contributed by atoms with Crippen molar-refractivity contribution in [3.05, 3.63) is 75.3 Å². The lowest BCUT2D eigenvalue weighted by Crippen LogP contribution is -2.45. The van der Waals surface area contributed by atoms with Crippen molar-refractivity contribution in [2.45, 2.75) is 99.0 Å². The van der Waals surface area contributed by atoms with Crippen molar-refractivity contribution in [1.82, 2.24) is 0 Å². The Morgan fingerprint density at radius 1 is 0.957 bits per heavy atom. The highest BCUT2D eigenvalue weighted by Crippen LogP contribution is 2.44. The maximum Gasteiger partial charge on any atom is 0.308 e. The number of phenols is 1. The first-order chi connectivity index (χ1) is 21.8. The molecule has 1 heterocycles. The van der Waals surface area contributed by atoms with E-state index in [1.54, 1.807) is 36.4 Å². The Labute approximate surface area is 278 Å². The van der Waals surface area contributed by atoms with E-state index < -0.39 is 11.6 Å². The molecule has 0 bridgehead atoms. The summed E-state index contributed by atoms with van der Waals surface area (Å²) in [6.45, 7) is 21.3. The molecule has 1 atom stereocenters. The summed E-state index contributed by atoms with van der Waals surface area (Å²) in [5.41, 5.74) is 4.90. The summed E-state index contributed by atoms with van der Waals surface area (Å²) in [6.07, 6.45) is 0.393. The zero-order valence-corrected chi connectivity index (χ0v) is 29.7. The quantitative estimate of drug-likeness (QED) is 0.152. The molecular formula is C38H48N2O7. The Hall–Kier alpha value is -4.53. The lowest BCUT2D eigenvalue weighted by atomic mass is 9.78. The number of nitrogens with zero attached hydrogens (tertiary/aromatic N) is 1. The van der Waals surface area contributed by atoms with Gasteiger partial charge in [0.15, 0.2) is 0 Å². The first kappa shape index (κ1) is 35.3. The topological polar surface area (TPSA) is 116 Å². The fourth-order valence-corrected chi connectivity index (χ4v) is 5.84. The first-order valence-corrected chi connectivity index (χ1v) is 15.8. The molecule has 47 heavy (non-hydrogen) atoms. The van der Waals surface area contributed by atoms with Crippen molar-refractivity contribution in [1.29, 1.82) is 0 Å². The predicted octanol–water partition coefficient (Wildman–Crippen LogP) is 8.06. The molecule has 0 aliphatic carbocycles. The standard InChI is InChI=1S/C38H48N2O7/c1-21-22(2)34-31(23(3)33(21)46-24(4)41)30(40-44-12)19-38(11,47-34)20-45-27-15-13-26(14-16-27)39-35(43)25-17-28(36(5,6)7)32(42)29(18-25)37(8,9)10/h13-18,42H,19-20H2,1-12H3,(H,39,43). The SMILES string of the molecule is CON=C1CC(C)(COc2ccc(NC(=O)c3cc(C(C)(C)C)c(O)c(C(C)(C)C)c3)cc2)Oc2c(C)c(C)c(OC(C)=O)c(C)c21. The number of fused-ring (bicyclic) bond motifs is 1.